The molecule has 0 fully saturated rings. The average Bonchev–Trinajstić information content (AvgIpc) is 2.55. The van der Waals surface area contributed by atoms with Crippen molar-refractivity contribution in [1.29, 1.82) is 0 Å². The molecule has 1 atom stereocenters. The van der Waals surface area contributed by atoms with Crippen LogP contribution in [0.3, 0.4) is 0 Å². The van der Waals surface area contributed by atoms with Crippen LogP contribution >= 0.6 is 0 Å². The third-order valence-corrected chi connectivity index (χ3v) is 3.05. The van der Waals surface area contributed by atoms with Gasteiger partial charge in [0.1, 0.15) is 12.6 Å². The number of para-hydroxylation sites is 1. The van der Waals surface area contributed by atoms with E-state index in [0.29, 0.717) is 6.54 Å². The van der Waals surface area contributed by atoms with Gasteiger partial charge in [0.25, 0.3) is 0 Å². The summed E-state index contributed by atoms with van der Waals surface area (Å²) in [6, 6.07) is 10.3. The lowest BCUT2D eigenvalue weighted by molar-refractivity contribution is -0.874. The molecule has 0 aliphatic heterocycles. The largest absolute Gasteiger partial charge is 0.381 e. The molecular formula is C14H21N2O+. The van der Waals surface area contributed by atoms with Gasteiger partial charge < -0.3 is 14.2 Å². The van der Waals surface area contributed by atoms with Crippen molar-refractivity contribution in [3.63, 3.8) is 0 Å². The maximum absolute atomic E-state index is 10.3. The molecule has 1 aromatic heterocycles. The van der Waals surface area contributed by atoms with Crippen LogP contribution in [-0.2, 0) is 7.05 Å². The number of aliphatic hydroxyl groups is 1. The summed E-state index contributed by atoms with van der Waals surface area (Å²) < 4.78 is 2.83. The van der Waals surface area contributed by atoms with Gasteiger partial charge in [0.05, 0.1) is 26.8 Å². The smallest absolute Gasteiger partial charge is 0.143 e. The van der Waals surface area contributed by atoms with Crippen LogP contribution in [0.2, 0.25) is 0 Å². The molecule has 2 aromatic rings. The molecule has 0 spiro atoms. The Bertz CT molecular complexity index is 522. The van der Waals surface area contributed by atoms with E-state index < -0.39 is 6.10 Å². The highest BCUT2D eigenvalue weighted by Gasteiger charge is 2.20. The van der Waals surface area contributed by atoms with Gasteiger partial charge in [-0.2, -0.15) is 0 Å². The van der Waals surface area contributed by atoms with Crippen molar-refractivity contribution >= 4 is 10.9 Å². The van der Waals surface area contributed by atoms with Gasteiger partial charge in [0.2, 0.25) is 0 Å². The van der Waals surface area contributed by atoms with Crippen molar-refractivity contribution in [3.05, 3.63) is 36.0 Å². The average molecular weight is 233 g/mol. The van der Waals surface area contributed by atoms with Gasteiger partial charge >= 0.3 is 0 Å². The van der Waals surface area contributed by atoms with E-state index in [1.165, 1.54) is 10.9 Å². The van der Waals surface area contributed by atoms with Crippen LogP contribution < -0.4 is 0 Å². The lowest BCUT2D eigenvalue weighted by Gasteiger charge is -2.27. The van der Waals surface area contributed by atoms with Crippen LogP contribution in [0.15, 0.2) is 30.3 Å². The normalized spacial score (nSPS) is 14.2. The fourth-order valence-electron chi connectivity index (χ4n) is 2.24. The number of fused-ring (bicyclic) bond motifs is 1. The Morgan fingerprint density at radius 2 is 1.88 bits per heavy atom. The molecule has 3 heteroatoms. The van der Waals surface area contributed by atoms with E-state index in [9.17, 15) is 5.11 Å². The van der Waals surface area contributed by atoms with Gasteiger partial charge in [-0.25, -0.2) is 0 Å². The van der Waals surface area contributed by atoms with Gasteiger partial charge in [-0.1, -0.05) is 18.2 Å². The number of aromatic nitrogens is 1. The van der Waals surface area contributed by atoms with E-state index in [1.807, 2.05) is 19.2 Å². The van der Waals surface area contributed by atoms with E-state index in [-0.39, 0.29) is 0 Å². The predicted octanol–water partition coefficient (Wildman–Crippen LogP) is 1.92. The van der Waals surface area contributed by atoms with Crippen molar-refractivity contribution in [3.8, 4) is 0 Å². The molecule has 0 bridgehead atoms. The van der Waals surface area contributed by atoms with Crippen LogP contribution in [0, 0.1) is 0 Å². The molecule has 1 unspecified atom stereocenters. The van der Waals surface area contributed by atoms with Crippen molar-refractivity contribution in [2.75, 3.05) is 27.7 Å². The number of rotatable bonds is 3. The fourth-order valence-corrected chi connectivity index (χ4v) is 2.24. The Balaban J connectivity index is 2.39. The summed E-state index contributed by atoms with van der Waals surface area (Å²) >= 11 is 0. The first-order chi connectivity index (χ1) is 7.88. The van der Waals surface area contributed by atoms with E-state index >= 15 is 0 Å². The molecule has 17 heavy (non-hydrogen) atoms. The summed E-state index contributed by atoms with van der Waals surface area (Å²) in [7, 11) is 8.28. The molecule has 3 nitrogen and oxygen atoms in total. The minimum atomic E-state index is -0.424. The highest BCUT2D eigenvalue weighted by atomic mass is 16.3. The second kappa shape index (κ2) is 4.17. The zero-order chi connectivity index (χ0) is 12.6. The second-order valence-corrected chi connectivity index (χ2v) is 5.68. The summed E-state index contributed by atoms with van der Waals surface area (Å²) in [4.78, 5) is 0. The summed E-state index contributed by atoms with van der Waals surface area (Å²) in [5.74, 6) is 0. The molecule has 1 heterocycles. The summed E-state index contributed by atoms with van der Waals surface area (Å²) in [6.07, 6.45) is -0.424. The molecule has 0 amide bonds. The lowest BCUT2D eigenvalue weighted by Crippen LogP contribution is -2.38. The van der Waals surface area contributed by atoms with E-state index in [1.54, 1.807) is 0 Å². The molecule has 0 radical (unpaired) electrons. The minimum Gasteiger partial charge on any atom is -0.381 e. The number of quaternary nitrogens is 1. The summed E-state index contributed by atoms with van der Waals surface area (Å²) in [6.45, 7) is 0.712. The van der Waals surface area contributed by atoms with Crippen molar-refractivity contribution in [2.45, 2.75) is 6.10 Å². The first kappa shape index (κ1) is 12.1. The van der Waals surface area contributed by atoms with Gasteiger partial charge in [-0.05, 0) is 17.5 Å². The summed E-state index contributed by atoms with van der Waals surface area (Å²) in [5, 5.41) is 11.5. The number of hydrogen-bond donors (Lipinski definition) is 1. The third kappa shape index (κ3) is 2.51. The monoisotopic (exact) mass is 233 g/mol. The van der Waals surface area contributed by atoms with Crippen LogP contribution in [0.25, 0.3) is 10.9 Å². The van der Waals surface area contributed by atoms with Gasteiger partial charge in [-0.3, -0.25) is 0 Å². The number of aliphatic hydroxyl groups excluding tert-OH is 1. The second-order valence-electron chi connectivity index (χ2n) is 5.68. The molecule has 1 aromatic carbocycles. The lowest BCUT2D eigenvalue weighted by atomic mass is 10.2. The van der Waals surface area contributed by atoms with E-state index in [0.717, 1.165) is 10.2 Å². The Hall–Kier alpha value is -1.32. The number of hydrogen-bond acceptors (Lipinski definition) is 1. The van der Waals surface area contributed by atoms with Gasteiger partial charge in [0.15, 0.2) is 0 Å². The first-order valence-corrected chi connectivity index (χ1v) is 5.91. The topological polar surface area (TPSA) is 25.2 Å². The van der Waals surface area contributed by atoms with Gasteiger partial charge in [0, 0.05) is 12.6 Å². The van der Waals surface area contributed by atoms with Crippen LogP contribution in [-0.4, -0.2) is 41.8 Å². The third-order valence-electron chi connectivity index (χ3n) is 3.05. The molecule has 0 saturated carbocycles. The Kier molecular flexibility index (Phi) is 2.98. The Labute approximate surface area is 102 Å². The number of nitrogens with zero attached hydrogens (tertiary/aromatic N) is 2. The van der Waals surface area contributed by atoms with Gasteiger partial charge in [-0.15, -0.1) is 0 Å². The van der Waals surface area contributed by atoms with Crippen LogP contribution in [0.4, 0.5) is 0 Å². The first-order valence-electron chi connectivity index (χ1n) is 5.91. The number of benzene rings is 1. The predicted molar refractivity (Wildman–Crippen MR) is 70.8 cm³/mol. The maximum Gasteiger partial charge on any atom is 0.143 e. The van der Waals surface area contributed by atoms with E-state index in [4.69, 9.17) is 0 Å². The van der Waals surface area contributed by atoms with E-state index in [2.05, 4.69) is 43.9 Å². The minimum absolute atomic E-state index is 0.424. The molecule has 0 aliphatic carbocycles. The number of likely N-dealkylation sites (N-methyl/N-ethyl adjacent to an activating group) is 1. The molecular weight excluding hydrogens is 212 g/mol. The molecule has 2 rings (SSSR count). The maximum atomic E-state index is 10.3. The van der Waals surface area contributed by atoms with Crippen molar-refractivity contribution in [1.82, 2.24) is 4.57 Å². The standard InChI is InChI=1S/C14H21N2O/c1-15-12-8-6-5-7-11(12)9-13(15)14(17)10-16(2,3)4/h5-9,14,17H,10H2,1-4H3/q+1. The Morgan fingerprint density at radius 1 is 1.24 bits per heavy atom. The molecule has 1 N–H and O–H groups in total. The van der Waals surface area contributed by atoms with Crippen LogP contribution in [0.1, 0.15) is 11.8 Å². The molecule has 92 valence electrons. The highest BCUT2D eigenvalue weighted by Crippen LogP contribution is 2.24. The fraction of sp³-hybridized carbons (Fsp3) is 0.429. The van der Waals surface area contributed by atoms with Crippen molar-refractivity contribution < 1.29 is 9.59 Å². The van der Waals surface area contributed by atoms with Crippen LogP contribution in [0.5, 0.6) is 0 Å². The zero-order valence-electron chi connectivity index (χ0n) is 11.0. The zero-order valence-corrected chi connectivity index (χ0v) is 11.0. The highest BCUT2D eigenvalue weighted by molar-refractivity contribution is 5.81. The number of aryl methyl sites for hydroxylation is 1. The van der Waals surface area contributed by atoms with Crippen molar-refractivity contribution in [2.24, 2.45) is 7.05 Å². The molecule has 0 aliphatic rings. The quantitative estimate of drug-likeness (QED) is 0.805. The SMILES string of the molecule is Cn1c(C(O)C[N+](C)(C)C)cc2ccccc21. The summed E-state index contributed by atoms with van der Waals surface area (Å²) in [5.41, 5.74) is 2.15. The Morgan fingerprint density at radius 3 is 2.47 bits per heavy atom. The molecule has 0 saturated heterocycles.